The van der Waals surface area contributed by atoms with Gasteiger partial charge in [-0.1, -0.05) is 0 Å². The Bertz CT molecular complexity index is 1130. The third kappa shape index (κ3) is 4.51. The fraction of sp³-hybridized carbons (Fsp3) is 0.150. The molecule has 3 rings (SSSR count). The van der Waals surface area contributed by atoms with Gasteiger partial charge in [-0.05, 0) is 42.1 Å². The number of methoxy groups -OCH3 is 2. The summed E-state index contributed by atoms with van der Waals surface area (Å²) in [6, 6.07) is 8.57. The third-order valence-electron chi connectivity index (χ3n) is 4.32. The lowest BCUT2D eigenvalue weighted by Crippen LogP contribution is -2.23. The Kier molecular flexibility index (Phi) is 6.25. The fourth-order valence-corrected chi connectivity index (χ4v) is 3.66. The van der Waals surface area contributed by atoms with Crippen LogP contribution < -0.4 is 4.74 Å². The topological polar surface area (TPSA) is 132 Å². The van der Waals surface area contributed by atoms with Gasteiger partial charge in [-0.2, -0.15) is 0 Å². The number of benzene rings is 2. The summed E-state index contributed by atoms with van der Waals surface area (Å²) in [5, 5.41) is 21.8. The second-order valence-corrected chi connectivity index (χ2v) is 7.26. The van der Waals surface area contributed by atoms with Gasteiger partial charge in [0.25, 0.3) is 11.6 Å². The van der Waals surface area contributed by atoms with E-state index in [0.717, 1.165) is 23.9 Å². The van der Waals surface area contributed by atoms with E-state index >= 15 is 0 Å². The average molecular weight is 443 g/mol. The van der Waals surface area contributed by atoms with Crippen molar-refractivity contribution in [1.29, 1.82) is 0 Å². The van der Waals surface area contributed by atoms with Crippen molar-refractivity contribution < 1.29 is 29.1 Å². The number of phenolic OH excluding ortho intramolecular Hbond substituents is 1. The molecule has 0 radical (unpaired) electrons. The van der Waals surface area contributed by atoms with E-state index in [9.17, 15) is 24.8 Å². The summed E-state index contributed by atoms with van der Waals surface area (Å²) in [5.74, 6) is -1.26. The van der Waals surface area contributed by atoms with Gasteiger partial charge >= 0.3 is 5.97 Å². The minimum atomic E-state index is -0.620. The number of nitrogens with zero attached hydrogens (tertiary/aromatic N) is 3. The first-order valence-electron chi connectivity index (χ1n) is 8.75. The van der Waals surface area contributed by atoms with Crippen molar-refractivity contribution in [2.45, 2.75) is 0 Å². The van der Waals surface area contributed by atoms with Crippen molar-refractivity contribution in [2.24, 2.45) is 4.99 Å². The number of hydrogen-bond acceptors (Lipinski definition) is 9. The molecule has 11 heteroatoms. The maximum Gasteiger partial charge on any atom is 0.337 e. The number of nitro benzene ring substituents is 1. The maximum absolute atomic E-state index is 12.6. The number of esters is 1. The highest BCUT2D eigenvalue weighted by atomic mass is 32.2. The lowest BCUT2D eigenvalue weighted by atomic mass is 10.1. The molecule has 1 heterocycles. The highest BCUT2D eigenvalue weighted by Gasteiger charge is 2.31. The molecule has 0 atom stereocenters. The number of carbonyl (C=O) groups excluding carboxylic acids is 2. The predicted molar refractivity (Wildman–Crippen MR) is 115 cm³/mol. The number of amidine groups is 1. The van der Waals surface area contributed by atoms with Gasteiger partial charge in [0.05, 0.1) is 41.4 Å². The molecule has 160 valence electrons. The monoisotopic (exact) mass is 443 g/mol. The van der Waals surface area contributed by atoms with Crippen LogP contribution in [0.15, 0.2) is 46.3 Å². The van der Waals surface area contributed by atoms with E-state index < -0.39 is 10.9 Å². The molecule has 0 unspecified atom stereocenters. The first-order valence-corrected chi connectivity index (χ1v) is 9.57. The zero-order valence-corrected chi connectivity index (χ0v) is 17.5. The normalized spacial score (nSPS) is 16.1. The van der Waals surface area contributed by atoms with Gasteiger partial charge in [-0.15, -0.1) is 0 Å². The largest absolute Gasteiger partial charge is 0.504 e. The number of non-ortho nitro benzene ring substituents is 1. The van der Waals surface area contributed by atoms with E-state index in [2.05, 4.69) is 9.73 Å². The van der Waals surface area contributed by atoms with Gasteiger partial charge in [0.15, 0.2) is 16.7 Å². The smallest absolute Gasteiger partial charge is 0.337 e. The number of phenols is 1. The molecule has 31 heavy (non-hydrogen) atoms. The summed E-state index contributed by atoms with van der Waals surface area (Å²) in [6.07, 6.45) is 1.34. The number of carbonyl (C=O) groups is 2. The quantitative estimate of drug-likeness (QED) is 0.322. The van der Waals surface area contributed by atoms with Crippen LogP contribution in [0.1, 0.15) is 15.9 Å². The predicted octanol–water partition coefficient (Wildman–Crippen LogP) is 3.33. The van der Waals surface area contributed by atoms with E-state index in [4.69, 9.17) is 4.74 Å². The molecule has 0 spiro atoms. The summed E-state index contributed by atoms with van der Waals surface area (Å²) >= 11 is 1.04. The van der Waals surface area contributed by atoms with Crippen LogP contribution >= 0.6 is 11.8 Å². The average Bonchev–Trinajstić information content (AvgIpc) is 3.02. The molecule has 1 N–H and O–H groups in total. The molecule has 0 aromatic heterocycles. The molecule has 2 aromatic carbocycles. The fourth-order valence-electron chi connectivity index (χ4n) is 2.68. The first kappa shape index (κ1) is 21.8. The summed E-state index contributed by atoms with van der Waals surface area (Å²) in [7, 11) is 4.09. The van der Waals surface area contributed by atoms with Crippen molar-refractivity contribution in [1.82, 2.24) is 4.90 Å². The summed E-state index contributed by atoms with van der Waals surface area (Å²) in [4.78, 5) is 40.6. The van der Waals surface area contributed by atoms with E-state index in [1.807, 2.05) is 0 Å². The number of thioether (sulfide) groups is 1. The highest BCUT2D eigenvalue weighted by molar-refractivity contribution is 8.18. The molecule has 1 aliphatic rings. The van der Waals surface area contributed by atoms with Crippen LogP contribution in [0, 0.1) is 10.1 Å². The Morgan fingerprint density at radius 2 is 1.94 bits per heavy atom. The standard InChI is InChI=1S/C20H17N3O7S/c1-22-18(25)16(9-12-8-14(23(27)28)10-15(29-2)17(12)24)31-20(22)21-13-6-4-11(5-7-13)19(26)30-3/h4-10,24H,1-3H3. The van der Waals surface area contributed by atoms with Crippen LogP contribution in [0.2, 0.25) is 0 Å². The van der Waals surface area contributed by atoms with Crippen molar-refractivity contribution >= 4 is 46.3 Å². The van der Waals surface area contributed by atoms with Crippen LogP contribution in [0.25, 0.3) is 6.08 Å². The Morgan fingerprint density at radius 3 is 2.52 bits per heavy atom. The van der Waals surface area contributed by atoms with Crippen LogP contribution in [0.3, 0.4) is 0 Å². The molecule has 1 saturated heterocycles. The zero-order chi connectivity index (χ0) is 22.7. The first-order chi connectivity index (χ1) is 14.7. The number of aliphatic imine (C=N–C) groups is 1. The lowest BCUT2D eigenvalue weighted by Gasteiger charge is -2.07. The van der Waals surface area contributed by atoms with Crippen molar-refractivity contribution in [3.8, 4) is 11.5 Å². The van der Waals surface area contributed by atoms with Gasteiger partial charge in [-0.25, -0.2) is 9.79 Å². The lowest BCUT2D eigenvalue weighted by molar-refractivity contribution is -0.385. The van der Waals surface area contributed by atoms with Gasteiger partial charge in [0, 0.05) is 18.7 Å². The SMILES string of the molecule is COC(=O)c1ccc(N=C2SC(=Cc3cc([N+](=O)[O-])cc(OC)c3O)C(=O)N2C)cc1. The van der Waals surface area contributed by atoms with Crippen LogP contribution in [0.4, 0.5) is 11.4 Å². The molecule has 0 bridgehead atoms. The molecule has 0 saturated carbocycles. The number of rotatable bonds is 5. The van der Waals surface area contributed by atoms with E-state index in [0.29, 0.717) is 16.4 Å². The number of ether oxygens (including phenoxy) is 2. The Balaban J connectivity index is 1.94. The molecule has 2 aromatic rings. The van der Waals surface area contributed by atoms with E-state index in [1.54, 1.807) is 24.3 Å². The number of aromatic hydroxyl groups is 1. The van der Waals surface area contributed by atoms with E-state index in [1.165, 1.54) is 32.2 Å². The molecule has 10 nitrogen and oxygen atoms in total. The van der Waals surface area contributed by atoms with Crippen LogP contribution in [-0.4, -0.2) is 53.2 Å². The number of likely N-dealkylation sites (N-methyl/N-ethyl adjacent to an activating group) is 1. The molecule has 1 amide bonds. The second-order valence-electron chi connectivity index (χ2n) is 6.25. The molecule has 1 aliphatic heterocycles. The van der Waals surface area contributed by atoms with Crippen molar-refractivity contribution in [3.63, 3.8) is 0 Å². The maximum atomic E-state index is 12.6. The summed E-state index contributed by atoms with van der Waals surface area (Å²) < 4.78 is 9.63. The van der Waals surface area contributed by atoms with E-state index in [-0.39, 0.29) is 33.6 Å². The van der Waals surface area contributed by atoms with Gasteiger partial charge in [0.2, 0.25) is 0 Å². The highest BCUT2D eigenvalue weighted by Crippen LogP contribution is 2.39. The van der Waals surface area contributed by atoms with Gasteiger partial charge < -0.3 is 14.6 Å². The van der Waals surface area contributed by atoms with Gasteiger partial charge in [0.1, 0.15) is 0 Å². The van der Waals surface area contributed by atoms with Crippen LogP contribution in [-0.2, 0) is 9.53 Å². The number of amides is 1. The minimum absolute atomic E-state index is 0.0685. The molecule has 1 fully saturated rings. The summed E-state index contributed by atoms with van der Waals surface area (Å²) in [6.45, 7) is 0. The van der Waals surface area contributed by atoms with Gasteiger partial charge in [-0.3, -0.25) is 19.8 Å². The van der Waals surface area contributed by atoms with Crippen molar-refractivity contribution in [2.75, 3.05) is 21.3 Å². The Hall–Kier alpha value is -3.86. The van der Waals surface area contributed by atoms with Crippen LogP contribution in [0.5, 0.6) is 11.5 Å². The molecular weight excluding hydrogens is 426 g/mol. The summed E-state index contributed by atoms with van der Waals surface area (Å²) in [5.41, 5.74) is 0.658. The minimum Gasteiger partial charge on any atom is -0.504 e. The van der Waals surface area contributed by atoms with Crippen molar-refractivity contribution in [3.05, 3.63) is 62.5 Å². The molecule has 0 aliphatic carbocycles. The number of nitro groups is 1. The number of hydrogen-bond donors (Lipinski definition) is 1. The zero-order valence-electron chi connectivity index (χ0n) is 16.7. The Labute approximate surface area is 180 Å². The second kappa shape index (κ2) is 8.88. The molecular formula is C20H17N3O7S. The third-order valence-corrected chi connectivity index (χ3v) is 5.38. The Morgan fingerprint density at radius 1 is 1.26 bits per heavy atom.